The van der Waals surface area contributed by atoms with Crippen LogP contribution in [0, 0.1) is 0 Å². The van der Waals surface area contributed by atoms with Crippen LogP contribution in [0.3, 0.4) is 0 Å². The maximum absolute atomic E-state index is 12.2. The molecular weight excluding hydrogens is 366 g/mol. The number of rotatable bonds is 5. The van der Waals surface area contributed by atoms with Crippen LogP contribution in [0.25, 0.3) is 0 Å². The van der Waals surface area contributed by atoms with Crippen molar-refractivity contribution in [1.29, 1.82) is 0 Å². The van der Waals surface area contributed by atoms with Gasteiger partial charge in [-0.25, -0.2) is 4.68 Å². The third kappa shape index (κ3) is 3.52. The number of anilines is 1. The summed E-state index contributed by atoms with van der Waals surface area (Å²) in [6.45, 7) is 4.74. The SMILES string of the molecule is C=CC(=O)N1CCC[C@@H]1Cn1nc(C2CCc3ccccc3C2)c(C(N)=O)c1N. The Bertz CT molecular complexity index is 964. The summed E-state index contributed by atoms with van der Waals surface area (Å²) in [5.74, 6) is -0.236. The summed E-state index contributed by atoms with van der Waals surface area (Å²) in [5.41, 5.74) is 15.6. The number of nitrogens with zero attached hydrogens (tertiary/aromatic N) is 3. The van der Waals surface area contributed by atoms with Gasteiger partial charge in [0.05, 0.1) is 18.3 Å². The van der Waals surface area contributed by atoms with E-state index in [1.165, 1.54) is 17.2 Å². The highest BCUT2D eigenvalue weighted by atomic mass is 16.2. The smallest absolute Gasteiger partial charge is 0.254 e. The minimum atomic E-state index is -0.548. The van der Waals surface area contributed by atoms with Crippen molar-refractivity contribution in [3.05, 3.63) is 59.3 Å². The molecule has 29 heavy (non-hydrogen) atoms. The summed E-state index contributed by atoms with van der Waals surface area (Å²) in [6, 6.07) is 8.36. The minimum absolute atomic E-state index is 0.0108. The van der Waals surface area contributed by atoms with Gasteiger partial charge in [-0.05, 0) is 49.3 Å². The molecule has 1 fully saturated rings. The van der Waals surface area contributed by atoms with Gasteiger partial charge in [0.1, 0.15) is 11.4 Å². The summed E-state index contributed by atoms with van der Waals surface area (Å²) >= 11 is 0. The standard InChI is InChI=1S/C22H27N5O2/c1-2-18(28)26-11-5-8-17(26)13-27-21(23)19(22(24)29)20(25-27)16-10-9-14-6-3-4-7-15(14)12-16/h2-4,6-7,16-17H,1,5,8-13,23H2,(H2,24,29)/t16?,17-/m1/s1. The van der Waals surface area contributed by atoms with E-state index in [0.717, 1.165) is 32.1 Å². The Morgan fingerprint density at radius 3 is 2.72 bits per heavy atom. The second-order valence-electron chi connectivity index (χ2n) is 7.93. The van der Waals surface area contributed by atoms with Gasteiger partial charge in [-0.2, -0.15) is 5.10 Å². The average Bonchev–Trinajstić information content (AvgIpc) is 3.32. The molecule has 0 radical (unpaired) electrons. The lowest BCUT2D eigenvalue weighted by atomic mass is 9.81. The number of carbonyl (C=O) groups is 2. The zero-order chi connectivity index (χ0) is 20.5. The van der Waals surface area contributed by atoms with Crippen LogP contribution in [0.15, 0.2) is 36.9 Å². The van der Waals surface area contributed by atoms with Crippen molar-refractivity contribution >= 4 is 17.6 Å². The van der Waals surface area contributed by atoms with Crippen molar-refractivity contribution in [3.63, 3.8) is 0 Å². The lowest BCUT2D eigenvalue weighted by Gasteiger charge is -2.24. The van der Waals surface area contributed by atoms with Gasteiger partial charge < -0.3 is 16.4 Å². The fraction of sp³-hybridized carbons (Fsp3) is 0.409. The number of nitrogens with two attached hydrogens (primary N) is 2. The van der Waals surface area contributed by atoms with Gasteiger partial charge in [0.25, 0.3) is 5.91 Å². The Morgan fingerprint density at radius 2 is 2.00 bits per heavy atom. The predicted molar refractivity (Wildman–Crippen MR) is 111 cm³/mol. The van der Waals surface area contributed by atoms with Crippen molar-refractivity contribution < 1.29 is 9.59 Å². The highest BCUT2D eigenvalue weighted by molar-refractivity contribution is 5.98. The molecule has 1 aromatic heterocycles. The number of nitrogen functional groups attached to an aromatic ring is 1. The van der Waals surface area contributed by atoms with Gasteiger partial charge in [-0.3, -0.25) is 9.59 Å². The number of aromatic nitrogens is 2. The number of benzene rings is 1. The largest absolute Gasteiger partial charge is 0.383 e. The van der Waals surface area contributed by atoms with E-state index in [4.69, 9.17) is 16.6 Å². The van der Waals surface area contributed by atoms with Crippen molar-refractivity contribution in [2.45, 2.75) is 50.6 Å². The maximum Gasteiger partial charge on any atom is 0.254 e. The number of amides is 2. The summed E-state index contributed by atoms with van der Waals surface area (Å²) in [5, 5.41) is 4.74. The molecule has 2 aromatic rings. The molecular formula is C22H27N5O2. The van der Waals surface area contributed by atoms with Crippen LogP contribution >= 0.6 is 0 Å². The highest BCUT2D eigenvalue weighted by Crippen LogP contribution is 2.35. The van der Waals surface area contributed by atoms with Gasteiger partial charge in [-0.1, -0.05) is 30.8 Å². The molecule has 0 saturated carbocycles. The van der Waals surface area contributed by atoms with Crippen LogP contribution in [0.5, 0.6) is 0 Å². The van der Waals surface area contributed by atoms with Crippen LogP contribution in [-0.2, 0) is 24.2 Å². The first-order chi connectivity index (χ1) is 14.0. The van der Waals surface area contributed by atoms with E-state index in [1.807, 2.05) is 6.07 Å². The van der Waals surface area contributed by atoms with Gasteiger partial charge in [0, 0.05) is 12.5 Å². The summed E-state index contributed by atoms with van der Waals surface area (Å²) in [6.07, 6.45) is 5.80. The Labute approximate surface area is 170 Å². The molecule has 0 spiro atoms. The van der Waals surface area contributed by atoms with Crippen LogP contribution in [0.1, 0.15) is 52.4 Å². The average molecular weight is 393 g/mol. The molecule has 4 N–H and O–H groups in total. The van der Waals surface area contributed by atoms with Gasteiger partial charge in [0.15, 0.2) is 0 Å². The Morgan fingerprint density at radius 1 is 1.24 bits per heavy atom. The molecule has 2 heterocycles. The van der Waals surface area contributed by atoms with Crippen LogP contribution < -0.4 is 11.5 Å². The zero-order valence-corrected chi connectivity index (χ0v) is 16.5. The summed E-state index contributed by atoms with van der Waals surface area (Å²) in [4.78, 5) is 26.1. The van der Waals surface area contributed by atoms with Crippen molar-refractivity contribution in [2.75, 3.05) is 12.3 Å². The fourth-order valence-electron chi connectivity index (χ4n) is 4.74. The third-order valence-electron chi connectivity index (χ3n) is 6.22. The quantitative estimate of drug-likeness (QED) is 0.758. The molecule has 4 rings (SSSR count). The van der Waals surface area contributed by atoms with E-state index in [2.05, 4.69) is 24.8 Å². The first-order valence-corrected chi connectivity index (χ1v) is 10.2. The van der Waals surface area contributed by atoms with Crippen molar-refractivity contribution in [2.24, 2.45) is 5.73 Å². The van der Waals surface area contributed by atoms with Crippen molar-refractivity contribution in [1.82, 2.24) is 14.7 Å². The number of fused-ring (bicyclic) bond motifs is 1. The van der Waals surface area contributed by atoms with Crippen LogP contribution in [0.4, 0.5) is 5.82 Å². The monoisotopic (exact) mass is 393 g/mol. The number of primary amides is 1. The molecule has 1 aliphatic carbocycles. The molecule has 2 atom stereocenters. The minimum Gasteiger partial charge on any atom is -0.383 e. The van der Waals surface area contributed by atoms with E-state index in [-0.39, 0.29) is 17.9 Å². The third-order valence-corrected chi connectivity index (χ3v) is 6.22. The van der Waals surface area contributed by atoms with Crippen LogP contribution in [0.2, 0.25) is 0 Å². The van der Waals surface area contributed by atoms with Crippen molar-refractivity contribution in [3.8, 4) is 0 Å². The molecule has 1 aliphatic heterocycles. The zero-order valence-electron chi connectivity index (χ0n) is 16.5. The Hall–Kier alpha value is -3.09. The molecule has 2 amide bonds. The first kappa shape index (κ1) is 19.2. The number of hydrogen-bond acceptors (Lipinski definition) is 4. The highest BCUT2D eigenvalue weighted by Gasteiger charge is 2.32. The molecule has 2 aliphatic rings. The van der Waals surface area contributed by atoms with E-state index in [9.17, 15) is 9.59 Å². The second kappa shape index (κ2) is 7.73. The summed E-state index contributed by atoms with van der Waals surface area (Å²) < 4.78 is 1.66. The lowest BCUT2D eigenvalue weighted by Crippen LogP contribution is -2.37. The molecule has 0 bridgehead atoms. The molecule has 152 valence electrons. The topological polar surface area (TPSA) is 107 Å². The van der Waals surface area contributed by atoms with E-state index in [0.29, 0.717) is 30.2 Å². The molecule has 1 aromatic carbocycles. The van der Waals surface area contributed by atoms with Gasteiger partial charge in [0.2, 0.25) is 5.91 Å². The lowest BCUT2D eigenvalue weighted by molar-refractivity contribution is -0.127. The van der Waals surface area contributed by atoms with E-state index >= 15 is 0 Å². The number of aryl methyl sites for hydroxylation is 1. The fourth-order valence-corrected chi connectivity index (χ4v) is 4.74. The van der Waals surface area contributed by atoms with E-state index in [1.54, 1.807) is 9.58 Å². The number of carbonyl (C=O) groups excluding carboxylic acids is 2. The Kier molecular flexibility index (Phi) is 5.13. The first-order valence-electron chi connectivity index (χ1n) is 10.2. The maximum atomic E-state index is 12.2. The Balaban J connectivity index is 1.63. The molecule has 7 nitrogen and oxygen atoms in total. The van der Waals surface area contributed by atoms with Gasteiger partial charge >= 0.3 is 0 Å². The molecule has 7 heteroatoms. The van der Waals surface area contributed by atoms with E-state index < -0.39 is 5.91 Å². The summed E-state index contributed by atoms with van der Waals surface area (Å²) in [7, 11) is 0. The molecule has 1 unspecified atom stereocenters. The predicted octanol–water partition coefficient (Wildman–Crippen LogP) is 2.01. The number of likely N-dealkylation sites (tertiary alicyclic amines) is 1. The normalized spacial score (nSPS) is 21.0. The van der Waals surface area contributed by atoms with Crippen LogP contribution in [-0.4, -0.2) is 39.1 Å². The second-order valence-corrected chi connectivity index (χ2v) is 7.93. The molecule has 1 saturated heterocycles. The van der Waals surface area contributed by atoms with Gasteiger partial charge in [-0.15, -0.1) is 0 Å². The number of hydrogen-bond donors (Lipinski definition) is 2.